The predicted octanol–water partition coefficient (Wildman–Crippen LogP) is 0.389. The number of nitrogen functional groups attached to an aromatic ring is 1. The van der Waals surface area contributed by atoms with Crippen LogP contribution in [-0.4, -0.2) is 35.2 Å². The van der Waals surface area contributed by atoms with Gasteiger partial charge in [-0.2, -0.15) is 0 Å². The van der Waals surface area contributed by atoms with Gasteiger partial charge in [0.15, 0.2) is 0 Å². The van der Waals surface area contributed by atoms with E-state index in [-0.39, 0.29) is 4.90 Å². The minimum atomic E-state index is -3.70. The van der Waals surface area contributed by atoms with Gasteiger partial charge in [-0.15, -0.1) is 0 Å². The average Bonchev–Trinajstić information content (AvgIpc) is 2.76. The molecule has 6 nitrogen and oxygen atoms in total. The van der Waals surface area contributed by atoms with E-state index >= 15 is 0 Å². The minimum Gasteiger partial charge on any atom is -0.397 e. The monoisotopic (exact) mass is 285 g/mol. The molecule has 1 fully saturated rings. The Balaban J connectivity index is 2.19. The summed E-state index contributed by atoms with van der Waals surface area (Å²) in [5.41, 5.74) is 7.21. The minimum absolute atomic E-state index is 0.0430. The molecular formula is C12H19N3O3S. The van der Waals surface area contributed by atoms with Crippen LogP contribution in [0.3, 0.4) is 0 Å². The lowest BCUT2D eigenvalue weighted by Gasteiger charge is -2.21. The van der Waals surface area contributed by atoms with Crippen LogP contribution in [0.1, 0.15) is 6.42 Å². The quantitative estimate of drug-likeness (QED) is 0.780. The Morgan fingerprint density at radius 2 is 2.21 bits per heavy atom. The van der Waals surface area contributed by atoms with Gasteiger partial charge in [0.1, 0.15) is 0 Å². The third kappa shape index (κ3) is 3.17. The molecule has 0 radical (unpaired) electrons. The van der Waals surface area contributed by atoms with Crippen molar-refractivity contribution in [1.29, 1.82) is 0 Å². The molecule has 0 aromatic heterocycles. The number of methoxy groups -OCH3 is 1. The number of primary sulfonamides is 1. The molecule has 1 aliphatic heterocycles. The van der Waals surface area contributed by atoms with Gasteiger partial charge in [0.25, 0.3) is 0 Å². The summed E-state index contributed by atoms with van der Waals surface area (Å²) in [6.45, 7) is 2.49. The van der Waals surface area contributed by atoms with Crippen LogP contribution < -0.4 is 15.8 Å². The van der Waals surface area contributed by atoms with Crippen molar-refractivity contribution < 1.29 is 13.2 Å². The summed E-state index contributed by atoms with van der Waals surface area (Å²) in [6.07, 6.45) is 1.05. The lowest BCUT2D eigenvalue weighted by molar-refractivity contribution is 0.161. The van der Waals surface area contributed by atoms with Crippen LogP contribution >= 0.6 is 0 Å². The zero-order chi connectivity index (χ0) is 14.0. The Hall–Kier alpha value is -1.31. The SMILES string of the molecule is COCC1CCN(c2ccc(S(N)(=O)=O)cc2N)C1. The summed E-state index contributed by atoms with van der Waals surface area (Å²) in [7, 11) is -2.01. The zero-order valence-electron chi connectivity index (χ0n) is 10.9. The van der Waals surface area contributed by atoms with Crippen molar-refractivity contribution in [3.8, 4) is 0 Å². The molecule has 1 aliphatic rings. The summed E-state index contributed by atoms with van der Waals surface area (Å²) in [6, 6.07) is 4.61. The molecule has 1 aromatic rings. The third-order valence-corrected chi connectivity index (χ3v) is 4.27. The summed E-state index contributed by atoms with van der Waals surface area (Å²) in [5.74, 6) is 0.488. The first-order valence-electron chi connectivity index (χ1n) is 6.08. The van der Waals surface area contributed by atoms with Crippen molar-refractivity contribution in [2.45, 2.75) is 11.3 Å². The van der Waals surface area contributed by atoms with Crippen LogP contribution in [0.4, 0.5) is 11.4 Å². The van der Waals surface area contributed by atoms with E-state index < -0.39 is 10.0 Å². The first-order chi connectivity index (χ1) is 8.91. The van der Waals surface area contributed by atoms with E-state index in [1.54, 1.807) is 13.2 Å². The summed E-state index contributed by atoms with van der Waals surface area (Å²) < 4.78 is 27.6. The fraction of sp³-hybridized carbons (Fsp3) is 0.500. The number of nitrogens with two attached hydrogens (primary N) is 2. The Kier molecular flexibility index (Phi) is 3.98. The summed E-state index contributed by atoms with van der Waals surface area (Å²) >= 11 is 0. The average molecular weight is 285 g/mol. The van der Waals surface area contributed by atoms with E-state index in [0.717, 1.165) is 31.8 Å². The van der Waals surface area contributed by atoms with E-state index in [0.29, 0.717) is 11.6 Å². The van der Waals surface area contributed by atoms with Gasteiger partial charge in [0.05, 0.1) is 22.9 Å². The molecule has 0 bridgehead atoms. The standard InChI is InChI=1S/C12H19N3O3S/c1-18-8-9-4-5-15(7-9)12-3-2-10(6-11(12)13)19(14,16)17/h2-3,6,9H,4-5,7-8,13H2,1H3,(H2,14,16,17). The second-order valence-electron chi connectivity index (χ2n) is 4.82. The highest BCUT2D eigenvalue weighted by Crippen LogP contribution is 2.30. The molecule has 1 heterocycles. The van der Waals surface area contributed by atoms with Crippen LogP contribution in [0.15, 0.2) is 23.1 Å². The molecule has 0 spiro atoms. The molecule has 7 heteroatoms. The molecule has 1 saturated heterocycles. The highest BCUT2D eigenvalue weighted by atomic mass is 32.2. The molecule has 1 unspecified atom stereocenters. The largest absolute Gasteiger partial charge is 0.397 e. The van der Waals surface area contributed by atoms with Crippen LogP contribution in [0.2, 0.25) is 0 Å². The summed E-state index contributed by atoms with van der Waals surface area (Å²) in [5, 5.41) is 5.08. The Labute approximate surface area is 113 Å². The van der Waals surface area contributed by atoms with Gasteiger partial charge in [0.2, 0.25) is 10.0 Å². The Morgan fingerprint density at radius 3 is 2.79 bits per heavy atom. The van der Waals surface area contributed by atoms with E-state index in [4.69, 9.17) is 15.6 Å². The van der Waals surface area contributed by atoms with E-state index in [9.17, 15) is 8.42 Å². The molecule has 1 aromatic carbocycles. The highest BCUT2D eigenvalue weighted by Gasteiger charge is 2.24. The van der Waals surface area contributed by atoms with Crippen molar-refractivity contribution in [3.63, 3.8) is 0 Å². The topological polar surface area (TPSA) is 98.6 Å². The molecule has 19 heavy (non-hydrogen) atoms. The van der Waals surface area contributed by atoms with E-state index in [1.807, 2.05) is 0 Å². The number of benzene rings is 1. The maximum atomic E-state index is 11.2. The zero-order valence-corrected chi connectivity index (χ0v) is 11.7. The van der Waals surface area contributed by atoms with Crippen LogP contribution in [0, 0.1) is 5.92 Å². The maximum absolute atomic E-state index is 11.2. The van der Waals surface area contributed by atoms with Gasteiger partial charge in [-0.05, 0) is 24.6 Å². The van der Waals surface area contributed by atoms with E-state index in [1.165, 1.54) is 12.1 Å². The van der Waals surface area contributed by atoms with Crippen molar-refractivity contribution >= 4 is 21.4 Å². The van der Waals surface area contributed by atoms with Crippen molar-refractivity contribution in [3.05, 3.63) is 18.2 Å². The van der Waals surface area contributed by atoms with E-state index in [2.05, 4.69) is 4.90 Å². The van der Waals surface area contributed by atoms with Gasteiger partial charge in [-0.1, -0.05) is 0 Å². The molecule has 2 rings (SSSR count). The molecule has 106 valence electrons. The first kappa shape index (κ1) is 14.1. The normalized spacial score (nSPS) is 19.9. The number of ether oxygens (including phenoxy) is 1. The number of rotatable bonds is 4. The molecule has 1 atom stereocenters. The first-order valence-corrected chi connectivity index (χ1v) is 7.62. The van der Waals surface area contributed by atoms with Crippen molar-refractivity contribution in [2.75, 3.05) is 37.4 Å². The van der Waals surface area contributed by atoms with Gasteiger partial charge in [0, 0.05) is 26.1 Å². The van der Waals surface area contributed by atoms with Crippen LogP contribution in [-0.2, 0) is 14.8 Å². The Bertz CT molecular complexity index is 559. The second-order valence-corrected chi connectivity index (χ2v) is 6.38. The molecule has 0 amide bonds. The number of sulfonamides is 1. The molecule has 0 aliphatic carbocycles. The third-order valence-electron chi connectivity index (χ3n) is 3.36. The number of hydrogen-bond acceptors (Lipinski definition) is 5. The highest BCUT2D eigenvalue weighted by molar-refractivity contribution is 7.89. The number of anilines is 2. The second kappa shape index (κ2) is 5.36. The summed E-state index contributed by atoms with van der Waals surface area (Å²) in [4.78, 5) is 2.19. The van der Waals surface area contributed by atoms with Crippen molar-refractivity contribution in [1.82, 2.24) is 0 Å². The molecule has 0 saturated carbocycles. The van der Waals surface area contributed by atoms with Crippen LogP contribution in [0.5, 0.6) is 0 Å². The number of hydrogen-bond donors (Lipinski definition) is 2. The maximum Gasteiger partial charge on any atom is 0.238 e. The lowest BCUT2D eigenvalue weighted by Crippen LogP contribution is -2.22. The molecular weight excluding hydrogens is 266 g/mol. The van der Waals surface area contributed by atoms with Gasteiger partial charge < -0.3 is 15.4 Å². The fourth-order valence-electron chi connectivity index (χ4n) is 2.42. The fourth-order valence-corrected chi connectivity index (χ4v) is 2.97. The van der Waals surface area contributed by atoms with Crippen molar-refractivity contribution in [2.24, 2.45) is 11.1 Å². The van der Waals surface area contributed by atoms with Gasteiger partial charge >= 0.3 is 0 Å². The molecule has 4 N–H and O–H groups in total. The lowest BCUT2D eigenvalue weighted by atomic mass is 10.1. The predicted molar refractivity (Wildman–Crippen MR) is 74.4 cm³/mol. The smallest absolute Gasteiger partial charge is 0.238 e. The van der Waals surface area contributed by atoms with Gasteiger partial charge in [-0.3, -0.25) is 0 Å². The Morgan fingerprint density at radius 1 is 1.47 bits per heavy atom. The van der Waals surface area contributed by atoms with Crippen LogP contribution in [0.25, 0.3) is 0 Å². The number of nitrogens with zero attached hydrogens (tertiary/aromatic N) is 1. The van der Waals surface area contributed by atoms with Gasteiger partial charge in [-0.25, -0.2) is 13.6 Å².